The number of non-ortho nitro benzene ring substituents is 1. The van der Waals surface area contributed by atoms with Gasteiger partial charge in [0.05, 0.1) is 22.4 Å². The van der Waals surface area contributed by atoms with Gasteiger partial charge in [-0.05, 0) is 34.1 Å². The number of carbonyl (C=O) groups is 1. The summed E-state index contributed by atoms with van der Waals surface area (Å²) in [6, 6.07) is 9.85. The SMILES string of the molecule is Br.O=C(Nc1ccc([N+](=O)[O-])cc1O)Nc1ccccc1Br. The van der Waals surface area contributed by atoms with E-state index >= 15 is 0 Å². The van der Waals surface area contributed by atoms with Crippen molar-refractivity contribution in [2.75, 3.05) is 10.6 Å². The number of para-hydroxylation sites is 1. The van der Waals surface area contributed by atoms with Crippen LogP contribution in [0.25, 0.3) is 0 Å². The third-order valence-corrected chi connectivity index (χ3v) is 3.25. The third kappa shape index (κ3) is 4.43. The fourth-order valence-corrected chi connectivity index (χ4v) is 1.96. The van der Waals surface area contributed by atoms with Crippen LogP contribution in [0.15, 0.2) is 46.9 Å². The molecule has 0 radical (unpaired) electrons. The molecule has 0 aliphatic carbocycles. The lowest BCUT2D eigenvalue weighted by Gasteiger charge is -2.10. The highest BCUT2D eigenvalue weighted by Crippen LogP contribution is 2.28. The van der Waals surface area contributed by atoms with Gasteiger partial charge in [-0.25, -0.2) is 4.79 Å². The number of nitrogens with one attached hydrogen (secondary N) is 2. The standard InChI is InChI=1S/C13H10BrN3O4.BrH/c14-9-3-1-2-4-10(9)15-13(19)16-11-6-5-8(17(20)21)7-12(11)18;/h1-7,18H,(H2,15,16,19);1H. The Morgan fingerprint density at radius 2 is 1.77 bits per heavy atom. The summed E-state index contributed by atoms with van der Waals surface area (Å²) in [5.41, 5.74) is 0.366. The Morgan fingerprint density at radius 1 is 1.14 bits per heavy atom. The van der Waals surface area contributed by atoms with Crippen molar-refractivity contribution in [1.29, 1.82) is 0 Å². The Morgan fingerprint density at radius 3 is 2.36 bits per heavy atom. The van der Waals surface area contributed by atoms with Crippen LogP contribution in [0.3, 0.4) is 0 Å². The molecular weight excluding hydrogens is 422 g/mol. The number of hydrogen-bond donors (Lipinski definition) is 3. The normalized spacial score (nSPS) is 9.50. The number of phenolic OH excluding ortho intramolecular Hbond substituents is 1. The molecule has 9 heteroatoms. The smallest absolute Gasteiger partial charge is 0.323 e. The zero-order chi connectivity index (χ0) is 15.4. The zero-order valence-corrected chi connectivity index (χ0v) is 14.2. The fraction of sp³-hybridized carbons (Fsp3) is 0. The van der Waals surface area contributed by atoms with Crippen molar-refractivity contribution >= 4 is 56.0 Å². The Hall–Kier alpha value is -2.13. The number of anilines is 2. The van der Waals surface area contributed by atoms with Crippen LogP contribution in [0.1, 0.15) is 0 Å². The van der Waals surface area contributed by atoms with Crippen LogP contribution in [0.5, 0.6) is 5.75 Å². The molecule has 2 amide bonds. The Kier molecular flexibility index (Phi) is 6.32. The van der Waals surface area contributed by atoms with Crippen LogP contribution in [-0.2, 0) is 0 Å². The largest absolute Gasteiger partial charge is 0.506 e. The van der Waals surface area contributed by atoms with Gasteiger partial charge in [-0.2, -0.15) is 0 Å². The summed E-state index contributed by atoms with van der Waals surface area (Å²) in [5, 5.41) is 25.2. The van der Waals surface area contributed by atoms with Crippen molar-refractivity contribution in [3.63, 3.8) is 0 Å². The number of benzene rings is 2. The number of urea groups is 1. The third-order valence-electron chi connectivity index (χ3n) is 2.56. The fourth-order valence-electron chi connectivity index (χ4n) is 1.58. The summed E-state index contributed by atoms with van der Waals surface area (Å²) in [5.74, 6) is -0.383. The van der Waals surface area contributed by atoms with Gasteiger partial charge in [-0.3, -0.25) is 10.1 Å². The molecule has 0 aromatic heterocycles. The van der Waals surface area contributed by atoms with E-state index in [9.17, 15) is 20.0 Å². The van der Waals surface area contributed by atoms with Gasteiger partial charge in [0.2, 0.25) is 0 Å². The molecule has 0 atom stereocenters. The van der Waals surface area contributed by atoms with E-state index in [1.165, 1.54) is 12.1 Å². The minimum Gasteiger partial charge on any atom is -0.506 e. The van der Waals surface area contributed by atoms with Crippen molar-refractivity contribution in [3.8, 4) is 5.75 Å². The molecule has 2 aromatic rings. The number of nitro benzene ring substituents is 1. The van der Waals surface area contributed by atoms with Gasteiger partial charge in [-0.15, -0.1) is 17.0 Å². The zero-order valence-electron chi connectivity index (χ0n) is 10.9. The van der Waals surface area contributed by atoms with Crippen molar-refractivity contribution in [2.24, 2.45) is 0 Å². The average molecular weight is 433 g/mol. The quantitative estimate of drug-likeness (QED) is 0.382. The van der Waals surface area contributed by atoms with Crippen LogP contribution in [0, 0.1) is 10.1 Å². The number of amides is 2. The molecule has 22 heavy (non-hydrogen) atoms. The number of nitrogens with zero attached hydrogens (tertiary/aromatic N) is 1. The van der Waals surface area contributed by atoms with E-state index in [0.717, 1.165) is 6.07 Å². The molecule has 3 N–H and O–H groups in total. The van der Waals surface area contributed by atoms with E-state index in [1.807, 2.05) is 0 Å². The first kappa shape index (κ1) is 17.9. The molecule has 0 spiro atoms. The van der Waals surface area contributed by atoms with Gasteiger partial charge < -0.3 is 15.7 Å². The molecule has 2 aromatic carbocycles. The highest BCUT2D eigenvalue weighted by atomic mass is 79.9. The van der Waals surface area contributed by atoms with Gasteiger partial charge in [0, 0.05) is 10.5 Å². The Labute approximate surface area is 144 Å². The first-order valence-electron chi connectivity index (χ1n) is 5.77. The monoisotopic (exact) mass is 431 g/mol. The van der Waals surface area contributed by atoms with Crippen LogP contribution in [-0.4, -0.2) is 16.1 Å². The second kappa shape index (κ2) is 7.76. The lowest BCUT2D eigenvalue weighted by Crippen LogP contribution is -2.19. The topological polar surface area (TPSA) is 104 Å². The van der Waals surface area contributed by atoms with Crippen molar-refractivity contribution in [2.45, 2.75) is 0 Å². The molecule has 0 heterocycles. The second-order valence-electron chi connectivity index (χ2n) is 4.02. The first-order chi connectivity index (χ1) is 9.97. The van der Waals surface area contributed by atoms with Gasteiger partial charge in [0.15, 0.2) is 0 Å². The van der Waals surface area contributed by atoms with Crippen molar-refractivity contribution in [3.05, 3.63) is 57.1 Å². The average Bonchev–Trinajstić information content (AvgIpc) is 2.43. The summed E-state index contributed by atoms with van der Waals surface area (Å²) >= 11 is 3.28. The van der Waals surface area contributed by atoms with E-state index in [1.54, 1.807) is 24.3 Å². The van der Waals surface area contributed by atoms with Crippen LogP contribution in [0.2, 0.25) is 0 Å². The molecular formula is C13H11Br2N3O4. The van der Waals surface area contributed by atoms with E-state index in [4.69, 9.17) is 0 Å². The highest BCUT2D eigenvalue weighted by molar-refractivity contribution is 9.10. The summed E-state index contributed by atoms with van der Waals surface area (Å²) < 4.78 is 0.702. The molecule has 7 nitrogen and oxygen atoms in total. The van der Waals surface area contributed by atoms with E-state index in [0.29, 0.717) is 10.2 Å². The number of aromatic hydroxyl groups is 1. The molecule has 0 saturated heterocycles. The molecule has 0 fully saturated rings. The first-order valence-corrected chi connectivity index (χ1v) is 6.56. The number of halogens is 2. The van der Waals surface area contributed by atoms with Crippen LogP contribution < -0.4 is 10.6 Å². The molecule has 0 saturated carbocycles. The van der Waals surface area contributed by atoms with Gasteiger partial charge in [0.25, 0.3) is 5.69 Å². The summed E-state index contributed by atoms with van der Waals surface area (Å²) in [6.07, 6.45) is 0. The number of carbonyl (C=O) groups excluding carboxylic acids is 1. The highest BCUT2D eigenvalue weighted by Gasteiger charge is 2.12. The van der Waals surface area contributed by atoms with Crippen molar-refractivity contribution < 1.29 is 14.8 Å². The molecule has 0 unspecified atom stereocenters. The predicted molar refractivity (Wildman–Crippen MR) is 91.9 cm³/mol. The molecule has 2 rings (SSSR count). The summed E-state index contributed by atoms with van der Waals surface area (Å²) in [4.78, 5) is 21.7. The Balaban J connectivity index is 0.00000242. The minimum atomic E-state index is -0.634. The van der Waals surface area contributed by atoms with Gasteiger partial charge in [-0.1, -0.05) is 12.1 Å². The van der Waals surface area contributed by atoms with Crippen LogP contribution >= 0.6 is 32.9 Å². The predicted octanol–water partition coefficient (Wildman–Crippen LogP) is 4.28. The van der Waals surface area contributed by atoms with Gasteiger partial charge >= 0.3 is 6.03 Å². The van der Waals surface area contributed by atoms with E-state index in [-0.39, 0.29) is 34.1 Å². The van der Waals surface area contributed by atoms with E-state index < -0.39 is 11.0 Å². The maximum Gasteiger partial charge on any atom is 0.323 e. The second-order valence-corrected chi connectivity index (χ2v) is 4.87. The summed E-state index contributed by atoms with van der Waals surface area (Å²) in [6.45, 7) is 0. The maximum absolute atomic E-state index is 11.8. The van der Waals surface area contributed by atoms with Gasteiger partial charge in [0.1, 0.15) is 5.75 Å². The lowest BCUT2D eigenvalue weighted by atomic mass is 10.2. The van der Waals surface area contributed by atoms with Crippen LogP contribution in [0.4, 0.5) is 21.9 Å². The van der Waals surface area contributed by atoms with Crippen molar-refractivity contribution in [1.82, 2.24) is 0 Å². The number of nitro groups is 1. The number of hydrogen-bond acceptors (Lipinski definition) is 4. The molecule has 116 valence electrons. The molecule has 0 aliphatic heterocycles. The Bertz CT molecular complexity index is 709. The molecule has 0 aliphatic rings. The lowest BCUT2D eigenvalue weighted by molar-refractivity contribution is -0.384. The molecule has 0 bridgehead atoms. The summed E-state index contributed by atoms with van der Waals surface area (Å²) in [7, 11) is 0. The number of phenols is 1. The minimum absolute atomic E-state index is 0. The van der Waals surface area contributed by atoms with E-state index in [2.05, 4.69) is 26.6 Å². The number of rotatable bonds is 3. The maximum atomic E-state index is 11.8.